The van der Waals surface area contributed by atoms with Crippen molar-refractivity contribution in [3.63, 3.8) is 0 Å². The Morgan fingerprint density at radius 1 is 0.758 bits per heavy atom. The molecule has 5 aromatic rings. The van der Waals surface area contributed by atoms with Crippen molar-refractivity contribution in [3.8, 4) is 17.2 Å². The summed E-state index contributed by atoms with van der Waals surface area (Å²) in [6.07, 6.45) is 1.50. The van der Waals surface area contributed by atoms with E-state index in [1.807, 2.05) is 42.5 Å². The quantitative estimate of drug-likeness (QED) is 0.401. The van der Waals surface area contributed by atoms with Crippen molar-refractivity contribution < 1.29 is 9.53 Å². The number of nitrogens with one attached hydrogen (secondary N) is 1. The molecule has 33 heavy (non-hydrogen) atoms. The maximum absolute atomic E-state index is 12.8. The molecule has 6 nitrogen and oxygen atoms in total. The van der Waals surface area contributed by atoms with E-state index in [2.05, 4.69) is 10.3 Å². The smallest absolute Gasteiger partial charge is 0.265 e. The molecule has 6 heteroatoms. The third kappa shape index (κ3) is 4.36. The lowest BCUT2D eigenvalue weighted by atomic mass is 10.1. The Bertz CT molecular complexity index is 1480. The first kappa shape index (κ1) is 20.2. The largest absolute Gasteiger partial charge is 0.457 e. The molecule has 1 heterocycles. The fourth-order valence-electron chi connectivity index (χ4n) is 3.46. The van der Waals surface area contributed by atoms with Crippen molar-refractivity contribution in [2.75, 3.05) is 5.32 Å². The molecule has 0 aliphatic carbocycles. The molecule has 0 saturated carbocycles. The second-order valence-electron chi connectivity index (χ2n) is 7.38. The fourth-order valence-corrected chi connectivity index (χ4v) is 3.46. The number of para-hydroxylation sites is 2. The van der Waals surface area contributed by atoms with Gasteiger partial charge in [0.2, 0.25) is 0 Å². The van der Waals surface area contributed by atoms with Crippen LogP contribution in [0.4, 0.5) is 5.69 Å². The Balaban J connectivity index is 1.29. The number of fused-ring (bicyclic) bond motifs is 1. The number of carbonyl (C=O) groups excluding carboxylic acids is 1. The normalized spacial score (nSPS) is 10.7. The first-order valence-corrected chi connectivity index (χ1v) is 10.4. The number of aromatic nitrogens is 2. The highest BCUT2D eigenvalue weighted by Crippen LogP contribution is 2.23. The van der Waals surface area contributed by atoms with Gasteiger partial charge in [-0.1, -0.05) is 30.3 Å². The van der Waals surface area contributed by atoms with Gasteiger partial charge < -0.3 is 10.1 Å². The van der Waals surface area contributed by atoms with E-state index >= 15 is 0 Å². The van der Waals surface area contributed by atoms with Gasteiger partial charge >= 0.3 is 0 Å². The third-order valence-corrected chi connectivity index (χ3v) is 5.16. The van der Waals surface area contributed by atoms with Crippen LogP contribution in [-0.2, 0) is 0 Å². The van der Waals surface area contributed by atoms with Gasteiger partial charge in [0.25, 0.3) is 11.5 Å². The maximum atomic E-state index is 12.8. The van der Waals surface area contributed by atoms with Crippen LogP contribution < -0.4 is 15.6 Å². The molecule has 1 N–H and O–H groups in total. The van der Waals surface area contributed by atoms with Crippen molar-refractivity contribution in [1.29, 1.82) is 0 Å². The number of anilines is 1. The Labute approximate surface area is 189 Å². The van der Waals surface area contributed by atoms with Crippen LogP contribution in [0.15, 0.2) is 114 Å². The lowest BCUT2D eigenvalue weighted by molar-refractivity contribution is 0.102. The van der Waals surface area contributed by atoms with Crippen LogP contribution in [0.5, 0.6) is 11.5 Å². The number of carbonyl (C=O) groups is 1. The molecule has 0 bridgehead atoms. The van der Waals surface area contributed by atoms with Crippen LogP contribution in [-0.4, -0.2) is 15.5 Å². The molecule has 0 spiro atoms. The topological polar surface area (TPSA) is 73.2 Å². The maximum Gasteiger partial charge on any atom is 0.265 e. The molecule has 0 aliphatic rings. The van der Waals surface area contributed by atoms with Crippen molar-refractivity contribution in [2.24, 2.45) is 0 Å². The second kappa shape index (κ2) is 8.80. The summed E-state index contributed by atoms with van der Waals surface area (Å²) in [7, 11) is 0. The molecule has 0 atom stereocenters. The van der Waals surface area contributed by atoms with E-state index in [1.54, 1.807) is 60.7 Å². The van der Waals surface area contributed by atoms with Gasteiger partial charge in [0.15, 0.2) is 0 Å². The zero-order chi connectivity index (χ0) is 22.6. The first-order valence-electron chi connectivity index (χ1n) is 10.4. The summed E-state index contributed by atoms with van der Waals surface area (Å²) in [5, 5.41) is 3.41. The van der Waals surface area contributed by atoms with E-state index in [1.165, 1.54) is 10.9 Å². The zero-order valence-corrected chi connectivity index (χ0v) is 17.5. The van der Waals surface area contributed by atoms with Crippen molar-refractivity contribution in [2.45, 2.75) is 0 Å². The highest BCUT2D eigenvalue weighted by Gasteiger charge is 2.09. The van der Waals surface area contributed by atoms with Crippen LogP contribution in [0, 0.1) is 0 Å². The molecule has 0 saturated heterocycles. The molecule has 1 aromatic heterocycles. The summed E-state index contributed by atoms with van der Waals surface area (Å²) in [6, 6.07) is 30.7. The van der Waals surface area contributed by atoms with Crippen LogP contribution >= 0.6 is 0 Å². The minimum Gasteiger partial charge on any atom is -0.457 e. The molecule has 1 amide bonds. The summed E-state index contributed by atoms with van der Waals surface area (Å²) >= 11 is 0. The van der Waals surface area contributed by atoms with Crippen molar-refractivity contribution in [3.05, 3.63) is 125 Å². The summed E-state index contributed by atoms with van der Waals surface area (Å²) < 4.78 is 7.24. The van der Waals surface area contributed by atoms with E-state index < -0.39 is 0 Å². The van der Waals surface area contributed by atoms with Gasteiger partial charge in [-0.3, -0.25) is 14.2 Å². The molecular weight excluding hydrogens is 414 g/mol. The Morgan fingerprint density at radius 2 is 1.42 bits per heavy atom. The number of benzene rings is 4. The average molecular weight is 433 g/mol. The van der Waals surface area contributed by atoms with E-state index in [4.69, 9.17) is 4.74 Å². The number of rotatable bonds is 5. The summed E-state index contributed by atoms with van der Waals surface area (Å²) in [4.78, 5) is 29.8. The SMILES string of the molecule is O=C(Nc1ccc(Oc2ccccc2)cc1)c1ccc(-n2cnc3ccccc3c2=O)cc1. The molecule has 0 unspecified atom stereocenters. The molecule has 4 aromatic carbocycles. The lowest BCUT2D eigenvalue weighted by Gasteiger charge is -2.09. The minimum atomic E-state index is -0.248. The molecule has 0 aliphatic heterocycles. The van der Waals surface area contributed by atoms with Crippen LogP contribution in [0.25, 0.3) is 16.6 Å². The third-order valence-electron chi connectivity index (χ3n) is 5.16. The predicted molar refractivity (Wildman–Crippen MR) is 128 cm³/mol. The van der Waals surface area contributed by atoms with Gasteiger partial charge in [-0.15, -0.1) is 0 Å². The zero-order valence-electron chi connectivity index (χ0n) is 17.5. The van der Waals surface area contributed by atoms with Gasteiger partial charge in [0, 0.05) is 11.3 Å². The highest BCUT2D eigenvalue weighted by atomic mass is 16.5. The van der Waals surface area contributed by atoms with E-state index in [-0.39, 0.29) is 11.5 Å². The van der Waals surface area contributed by atoms with Crippen molar-refractivity contribution in [1.82, 2.24) is 9.55 Å². The molecule has 0 radical (unpaired) electrons. The predicted octanol–water partition coefficient (Wildman–Crippen LogP) is 5.43. The Hall–Kier alpha value is -4.71. The summed E-state index contributed by atoms with van der Waals surface area (Å²) in [5.74, 6) is 1.18. The molecule has 0 fully saturated rings. The monoisotopic (exact) mass is 433 g/mol. The number of amides is 1. The van der Waals surface area contributed by atoms with Crippen LogP contribution in [0.2, 0.25) is 0 Å². The van der Waals surface area contributed by atoms with Crippen LogP contribution in [0.1, 0.15) is 10.4 Å². The minimum absolute atomic E-state index is 0.157. The summed E-state index contributed by atoms with van der Waals surface area (Å²) in [6.45, 7) is 0. The van der Waals surface area contributed by atoms with Crippen LogP contribution in [0.3, 0.4) is 0 Å². The average Bonchev–Trinajstić information content (AvgIpc) is 2.86. The number of hydrogen-bond donors (Lipinski definition) is 1. The fraction of sp³-hybridized carbons (Fsp3) is 0. The Morgan fingerprint density at radius 3 is 2.18 bits per heavy atom. The van der Waals surface area contributed by atoms with Gasteiger partial charge in [-0.25, -0.2) is 4.98 Å². The van der Waals surface area contributed by atoms with E-state index in [0.717, 1.165) is 5.75 Å². The van der Waals surface area contributed by atoms with Gasteiger partial charge in [0.1, 0.15) is 17.8 Å². The molecular formula is C27H19N3O3. The first-order chi connectivity index (χ1) is 16.2. The molecule has 160 valence electrons. The standard InChI is InChI=1S/C27H19N3O3/c31-26(29-20-12-16-23(17-13-20)33-22-6-2-1-3-7-22)19-10-14-21(15-11-19)30-18-28-25-9-5-4-8-24(25)27(30)32/h1-18H,(H,29,31). The van der Waals surface area contributed by atoms with Gasteiger partial charge in [0.05, 0.1) is 16.6 Å². The van der Waals surface area contributed by atoms with Gasteiger partial charge in [-0.05, 0) is 72.8 Å². The number of ether oxygens (including phenoxy) is 1. The Kier molecular flexibility index (Phi) is 5.39. The van der Waals surface area contributed by atoms with E-state index in [9.17, 15) is 9.59 Å². The second-order valence-corrected chi connectivity index (χ2v) is 7.38. The summed E-state index contributed by atoms with van der Waals surface area (Å²) in [5.41, 5.74) is 2.26. The lowest BCUT2D eigenvalue weighted by Crippen LogP contribution is -2.19. The van der Waals surface area contributed by atoms with Crippen molar-refractivity contribution >= 4 is 22.5 Å². The highest BCUT2D eigenvalue weighted by molar-refractivity contribution is 6.04. The van der Waals surface area contributed by atoms with E-state index in [0.29, 0.717) is 33.6 Å². The van der Waals surface area contributed by atoms with Gasteiger partial charge in [-0.2, -0.15) is 0 Å². The number of hydrogen-bond acceptors (Lipinski definition) is 4. The number of nitrogens with zero attached hydrogens (tertiary/aromatic N) is 2. The molecule has 5 rings (SSSR count).